The number of nitrogen functional groups attached to an aromatic ring is 1. The van der Waals surface area contributed by atoms with Gasteiger partial charge in [-0.25, -0.2) is 13.3 Å². The maximum atomic E-state index is 12.4. The first-order valence-electron chi connectivity index (χ1n) is 8.85. The van der Waals surface area contributed by atoms with Crippen LogP contribution in [-0.2, 0) is 19.1 Å². The second-order valence-corrected chi connectivity index (χ2v) is 9.13. The SMILES string of the molecule is Cc1cccc(SOOCCN(CCO)CCS(=O)(=O)c2ccc(N)cc2)c1. The van der Waals surface area contributed by atoms with Gasteiger partial charge < -0.3 is 10.8 Å². The van der Waals surface area contributed by atoms with Crippen LogP contribution in [0.15, 0.2) is 58.3 Å². The number of sulfone groups is 1. The van der Waals surface area contributed by atoms with E-state index in [1.807, 2.05) is 36.1 Å². The number of aliphatic hydroxyl groups excluding tert-OH is 1. The predicted molar refractivity (Wildman–Crippen MR) is 111 cm³/mol. The minimum atomic E-state index is -3.42. The Labute approximate surface area is 170 Å². The van der Waals surface area contributed by atoms with Crippen LogP contribution in [0.4, 0.5) is 5.69 Å². The van der Waals surface area contributed by atoms with Crippen molar-refractivity contribution in [1.29, 1.82) is 0 Å². The van der Waals surface area contributed by atoms with E-state index in [-0.39, 0.29) is 30.4 Å². The Bertz CT molecular complexity index is 828. The summed E-state index contributed by atoms with van der Waals surface area (Å²) in [6.07, 6.45) is 0. The number of aliphatic hydroxyl groups is 1. The van der Waals surface area contributed by atoms with E-state index in [0.717, 1.165) is 22.5 Å². The molecule has 28 heavy (non-hydrogen) atoms. The van der Waals surface area contributed by atoms with Gasteiger partial charge in [-0.05, 0) is 48.9 Å². The smallest absolute Gasteiger partial charge is 0.179 e. The minimum Gasteiger partial charge on any atom is -0.399 e. The molecule has 0 aliphatic carbocycles. The second kappa shape index (κ2) is 11.4. The Kier molecular flexibility index (Phi) is 9.23. The van der Waals surface area contributed by atoms with Gasteiger partial charge in [0.05, 0.1) is 35.9 Å². The van der Waals surface area contributed by atoms with Crippen LogP contribution < -0.4 is 5.73 Å². The molecule has 0 saturated carbocycles. The summed E-state index contributed by atoms with van der Waals surface area (Å²) in [6, 6.07) is 14.0. The van der Waals surface area contributed by atoms with Gasteiger partial charge >= 0.3 is 0 Å². The molecule has 9 heteroatoms. The number of hydrogen-bond donors (Lipinski definition) is 2. The van der Waals surface area contributed by atoms with Gasteiger partial charge in [-0.2, -0.15) is 4.33 Å². The molecule has 0 aliphatic rings. The first-order valence-corrected chi connectivity index (χ1v) is 11.2. The Morgan fingerprint density at radius 1 is 1.11 bits per heavy atom. The van der Waals surface area contributed by atoms with Crippen molar-refractivity contribution in [3.8, 4) is 0 Å². The minimum absolute atomic E-state index is 0.0597. The lowest BCUT2D eigenvalue weighted by Crippen LogP contribution is -2.34. The van der Waals surface area contributed by atoms with Crippen molar-refractivity contribution in [2.24, 2.45) is 0 Å². The predicted octanol–water partition coefficient (Wildman–Crippen LogP) is 2.30. The van der Waals surface area contributed by atoms with Gasteiger partial charge in [-0.15, -0.1) is 0 Å². The molecule has 0 aliphatic heterocycles. The third kappa shape index (κ3) is 7.78. The molecule has 7 nitrogen and oxygen atoms in total. The summed E-state index contributed by atoms with van der Waals surface area (Å²) in [5.74, 6) is -0.0597. The second-order valence-electron chi connectivity index (χ2n) is 6.24. The molecule has 0 spiro atoms. The highest BCUT2D eigenvalue weighted by molar-refractivity contribution is 7.94. The molecule has 0 unspecified atom stereocenters. The van der Waals surface area contributed by atoms with E-state index in [0.29, 0.717) is 18.8 Å². The van der Waals surface area contributed by atoms with Crippen molar-refractivity contribution in [3.63, 3.8) is 0 Å². The van der Waals surface area contributed by atoms with E-state index >= 15 is 0 Å². The Morgan fingerprint density at radius 3 is 2.54 bits per heavy atom. The van der Waals surface area contributed by atoms with Crippen LogP contribution in [0.1, 0.15) is 5.56 Å². The number of anilines is 1. The zero-order valence-corrected chi connectivity index (χ0v) is 17.4. The molecule has 0 atom stereocenters. The summed E-state index contributed by atoms with van der Waals surface area (Å²) >= 11 is 1.12. The summed E-state index contributed by atoms with van der Waals surface area (Å²) in [4.78, 5) is 8.14. The monoisotopic (exact) mass is 426 g/mol. The molecule has 3 N–H and O–H groups in total. The van der Waals surface area contributed by atoms with Crippen LogP contribution in [0.5, 0.6) is 0 Å². The van der Waals surface area contributed by atoms with E-state index in [1.54, 1.807) is 12.1 Å². The third-order valence-corrected chi connectivity index (χ3v) is 6.31. The standard InChI is InChI=1S/C19H26N2O5S2/c1-16-3-2-4-18(15-16)27-26-25-13-10-21(9-12-22)11-14-28(23,24)19-7-5-17(20)6-8-19/h2-8,15,22H,9-14,20H2,1H3. The summed E-state index contributed by atoms with van der Waals surface area (Å²) in [6.45, 7) is 3.25. The number of benzene rings is 2. The molecular weight excluding hydrogens is 400 g/mol. The fraction of sp³-hybridized carbons (Fsp3) is 0.368. The number of nitrogens with two attached hydrogens (primary N) is 1. The molecular formula is C19H26N2O5S2. The van der Waals surface area contributed by atoms with Crippen molar-refractivity contribution in [2.75, 3.05) is 44.3 Å². The topological polar surface area (TPSA) is 102 Å². The molecule has 2 aromatic rings. The van der Waals surface area contributed by atoms with E-state index < -0.39 is 9.84 Å². The van der Waals surface area contributed by atoms with Crippen LogP contribution in [0.2, 0.25) is 0 Å². The molecule has 0 amide bonds. The number of aryl methyl sites for hydroxylation is 1. The summed E-state index contributed by atoms with van der Waals surface area (Å²) in [7, 11) is -3.42. The highest BCUT2D eigenvalue weighted by Gasteiger charge is 2.16. The first-order chi connectivity index (χ1) is 13.4. The molecule has 2 aromatic carbocycles. The summed E-state index contributed by atoms with van der Waals surface area (Å²) in [5, 5.41) is 9.21. The van der Waals surface area contributed by atoms with Crippen molar-refractivity contribution < 1.29 is 22.7 Å². The number of nitrogens with zero attached hydrogens (tertiary/aromatic N) is 1. The van der Waals surface area contributed by atoms with Gasteiger partial charge in [0, 0.05) is 30.2 Å². The largest absolute Gasteiger partial charge is 0.399 e. The lowest BCUT2D eigenvalue weighted by atomic mass is 10.2. The molecule has 0 aromatic heterocycles. The average Bonchev–Trinajstić information content (AvgIpc) is 2.66. The molecule has 0 bridgehead atoms. The van der Waals surface area contributed by atoms with E-state index in [4.69, 9.17) is 15.0 Å². The van der Waals surface area contributed by atoms with Crippen LogP contribution in [-0.4, -0.2) is 57.0 Å². The maximum absolute atomic E-state index is 12.4. The average molecular weight is 427 g/mol. The Morgan fingerprint density at radius 2 is 1.86 bits per heavy atom. The Balaban J connectivity index is 1.75. The van der Waals surface area contributed by atoms with Gasteiger partial charge in [0.25, 0.3) is 0 Å². The van der Waals surface area contributed by atoms with Crippen LogP contribution >= 0.6 is 12.0 Å². The lowest BCUT2D eigenvalue weighted by Gasteiger charge is -2.20. The van der Waals surface area contributed by atoms with Gasteiger partial charge in [0.2, 0.25) is 0 Å². The van der Waals surface area contributed by atoms with Crippen molar-refractivity contribution in [1.82, 2.24) is 4.90 Å². The van der Waals surface area contributed by atoms with Gasteiger partial charge in [-0.1, -0.05) is 12.1 Å². The van der Waals surface area contributed by atoms with Crippen molar-refractivity contribution >= 4 is 27.6 Å². The molecule has 0 heterocycles. The highest BCUT2D eigenvalue weighted by Crippen LogP contribution is 2.20. The lowest BCUT2D eigenvalue weighted by molar-refractivity contribution is -0.193. The fourth-order valence-electron chi connectivity index (χ4n) is 2.45. The van der Waals surface area contributed by atoms with Gasteiger partial charge in [0.15, 0.2) is 9.84 Å². The quantitative estimate of drug-likeness (QED) is 0.175. The molecule has 154 valence electrons. The maximum Gasteiger partial charge on any atom is 0.179 e. The van der Waals surface area contributed by atoms with E-state index in [1.165, 1.54) is 12.1 Å². The van der Waals surface area contributed by atoms with Gasteiger partial charge in [-0.3, -0.25) is 4.90 Å². The van der Waals surface area contributed by atoms with Crippen molar-refractivity contribution in [3.05, 3.63) is 54.1 Å². The van der Waals surface area contributed by atoms with E-state index in [2.05, 4.69) is 0 Å². The number of hydrogen-bond acceptors (Lipinski definition) is 8. The van der Waals surface area contributed by atoms with Gasteiger partial charge in [0.1, 0.15) is 0 Å². The van der Waals surface area contributed by atoms with Crippen LogP contribution in [0, 0.1) is 6.92 Å². The number of rotatable bonds is 12. The van der Waals surface area contributed by atoms with Crippen LogP contribution in [0.25, 0.3) is 0 Å². The molecule has 0 fully saturated rings. The molecule has 2 rings (SSSR count). The van der Waals surface area contributed by atoms with Crippen molar-refractivity contribution in [2.45, 2.75) is 16.7 Å². The third-order valence-electron chi connectivity index (χ3n) is 3.99. The summed E-state index contributed by atoms with van der Waals surface area (Å²) in [5.41, 5.74) is 7.24. The van der Waals surface area contributed by atoms with Crippen LogP contribution in [0.3, 0.4) is 0 Å². The molecule has 0 radical (unpaired) electrons. The zero-order chi connectivity index (χ0) is 20.4. The fourth-order valence-corrected chi connectivity index (χ4v) is 4.30. The van der Waals surface area contributed by atoms with E-state index in [9.17, 15) is 13.5 Å². The zero-order valence-electron chi connectivity index (χ0n) is 15.8. The summed E-state index contributed by atoms with van der Waals surface area (Å²) < 4.78 is 30.0. The Hall–Kier alpha value is -1.62. The molecule has 0 saturated heterocycles. The first kappa shape index (κ1) is 22.7. The highest BCUT2D eigenvalue weighted by atomic mass is 32.2. The normalized spacial score (nSPS) is 11.8.